The van der Waals surface area contributed by atoms with Gasteiger partial charge in [0.2, 0.25) is 6.73 Å². The maximum atomic E-state index is 15.2. The summed E-state index contributed by atoms with van der Waals surface area (Å²) >= 11 is 0. The van der Waals surface area contributed by atoms with Gasteiger partial charge in [-0.2, -0.15) is 0 Å². The van der Waals surface area contributed by atoms with E-state index in [1.54, 1.807) is 73.9 Å². The van der Waals surface area contributed by atoms with E-state index in [0.717, 1.165) is 11.8 Å². The molecule has 3 aromatic rings. The lowest BCUT2D eigenvalue weighted by Crippen LogP contribution is -3.00. The number of carbonyl (C=O) groups is 2. The highest BCUT2D eigenvalue weighted by atomic mass is 35.5. The number of nitrogens with zero attached hydrogens (tertiary/aromatic N) is 8. The van der Waals surface area contributed by atoms with Crippen LogP contribution in [0.2, 0.25) is 0 Å². The van der Waals surface area contributed by atoms with Crippen LogP contribution in [0.1, 0.15) is 33.3 Å². The third kappa shape index (κ3) is 6.57. The van der Waals surface area contributed by atoms with Crippen LogP contribution in [0, 0.1) is 17.0 Å². The third-order valence-electron chi connectivity index (χ3n) is 7.49. The Hall–Kier alpha value is -4.39. The van der Waals surface area contributed by atoms with Crippen molar-refractivity contribution in [2.24, 2.45) is 10.5 Å². The van der Waals surface area contributed by atoms with E-state index in [2.05, 4.69) is 21.8 Å². The van der Waals surface area contributed by atoms with Gasteiger partial charge in [0.15, 0.2) is 6.67 Å². The number of carbonyl (C=O) groups excluding carboxylic acids is 2. The zero-order chi connectivity index (χ0) is 30.9. The molecule has 0 radical (unpaired) electrons. The van der Waals surface area contributed by atoms with Crippen LogP contribution in [0.3, 0.4) is 0 Å². The third-order valence-corrected chi connectivity index (χ3v) is 7.49. The van der Waals surface area contributed by atoms with Crippen molar-refractivity contribution in [2.75, 3.05) is 37.9 Å². The second-order valence-corrected chi connectivity index (χ2v) is 11.6. The number of amides is 2. The lowest BCUT2D eigenvalue weighted by molar-refractivity contribution is -0.156. The number of benzene rings is 2. The molecule has 0 aliphatic carbocycles. The maximum absolute atomic E-state index is 15.2. The Balaban J connectivity index is 0.00000442. The fourth-order valence-corrected chi connectivity index (χ4v) is 5.00. The normalized spacial score (nSPS) is 16.9. The number of rotatable bonds is 9. The van der Waals surface area contributed by atoms with Gasteiger partial charge in [-0.3, -0.25) is 9.69 Å². The fourth-order valence-electron chi connectivity index (χ4n) is 5.00. The molecule has 3 heterocycles. The van der Waals surface area contributed by atoms with Gasteiger partial charge in [0.05, 0.1) is 36.1 Å². The van der Waals surface area contributed by atoms with Crippen LogP contribution in [0.5, 0.6) is 0 Å². The molecule has 12 nitrogen and oxygen atoms in total. The van der Waals surface area contributed by atoms with Crippen LogP contribution >= 0.6 is 0 Å². The molecular weight excluding hydrogens is 598 g/mol. The molecule has 1 saturated heterocycles. The van der Waals surface area contributed by atoms with Crippen molar-refractivity contribution >= 4 is 24.0 Å². The number of aromatic nitrogens is 3. The maximum Gasteiger partial charge on any atom is 0.547 e. The van der Waals surface area contributed by atoms with E-state index in [0.29, 0.717) is 18.3 Å². The Morgan fingerprint density at radius 3 is 2.45 bits per heavy atom. The molecule has 1 fully saturated rings. The number of hydrogen-bond acceptors (Lipinski definition) is 9. The number of β-amino-alcohol motifs (C(OH)–C–C–N with tert-alkyl or cyclic N) is 1. The number of aliphatic hydroxyl groups is 1. The number of urea groups is 1. The largest absolute Gasteiger partial charge is 1.00 e. The molecule has 0 spiro atoms. The Morgan fingerprint density at radius 2 is 1.82 bits per heavy atom. The van der Waals surface area contributed by atoms with Gasteiger partial charge in [0.25, 0.3) is 0 Å². The van der Waals surface area contributed by atoms with Gasteiger partial charge in [0, 0.05) is 30.4 Å². The lowest BCUT2D eigenvalue weighted by Gasteiger charge is -2.40. The summed E-state index contributed by atoms with van der Waals surface area (Å²) in [5.74, 6) is -2.16. The average molecular weight is 631 g/mol. The monoisotopic (exact) mass is 630 g/mol. The summed E-state index contributed by atoms with van der Waals surface area (Å²) in [6, 6.07) is 8.77. The summed E-state index contributed by atoms with van der Waals surface area (Å²) < 4.78 is 36.0. The molecule has 1 aromatic heterocycles. The predicted molar refractivity (Wildman–Crippen MR) is 152 cm³/mol. The molecule has 2 aromatic carbocycles. The Bertz CT molecular complexity index is 1500. The van der Waals surface area contributed by atoms with Crippen molar-refractivity contribution < 1.29 is 40.6 Å². The highest BCUT2D eigenvalue weighted by Crippen LogP contribution is 2.35. The standard InChI is InChI=1S/C29H33F2N8O4.ClH/c1-20(37-13-14-38(27(37)41)22-6-8-23(9-7-22)39-12-11-32-34-39)29(42,24-10-5-21(30)15-25(24)31)16-36-18-35(17-33-36)19-43-26(40)28(2,3)4;/h5-12,15,20,42H,13-14,16,18-19H2,1-4H3;1H/q+1;/p-1/t20-,29+;/m1./s1. The Morgan fingerprint density at radius 1 is 1.11 bits per heavy atom. The molecule has 0 saturated carbocycles. The number of halogens is 3. The highest BCUT2D eigenvalue weighted by molar-refractivity contribution is 5.94. The SMILES string of the molecule is C[C@@H](N1CCN(c2ccc(-n3ccnn3)cc2)C1=O)[C@@](O)(CN1CN(COC(=O)C(C)(C)C)[C+]=N1)c1ccc(F)cc1F.[Cl-]. The van der Waals surface area contributed by atoms with Crippen LogP contribution in [-0.4, -0.2) is 92.3 Å². The summed E-state index contributed by atoms with van der Waals surface area (Å²) in [7, 11) is 0. The predicted octanol–water partition coefficient (Wildman–Crippen LogP) is 0.0100. The number of ether oxygens (including phenoxy) is 1. The molecule has 2 atom stereocenters. The minimum absolute atomic E-state index is 0. The van der Waals surface area contributed by atoms with Crippen LogP contribution in [0.25, 0.3) is 5.69 Å². The van der Waals surface area contributed by atoms with Gasteiger partial charge in [0.1, 0.15) is 22.3 Å². The first-order valence-corrected chi connectivity index (χ1v) is 13.7. The topological polar surface area (TPSA) is 120 Å². The number of hydrazone groups is 1. The molecule has 2 aliphatic rings. The molecule has 15 heteroatoms. The van der Waals surface area contributed by atoms with E-state index in [9.17, 15) is 19.1 Å². The number of anilines is 1. The quantitative estimate of drug-likeness (QED) is 0.260. The molecule has 2 amide bonds. The van der Waals surface area contributed by atoms with E-state index in [1.165, 1.54) is 20.9 Å². The summed E-state index contributed by atoms with van der Waals surface area (Å²) in [5, 5.41) is 25.5. The van der Waals surface area contributed by atoms with Gasteiger partial charge < -0.3 is 27.2 Å². The number of esters is 1. The first-order chi connectivity index (χ1) is 20.4. The molecule has 1 N–H and O–H groups in total. The van der Waals surface area contributed by atoms with Crippen molar-refractivity contribution in [3.8, 4) is 5.69 Å². The zero-order valence-corrected chi connectivity index (χ0v) is 25.4. The van der Waals surface area contributed by atoms with E-state index in [1.807, 2.05) is 0 Å². The van der Waals surface area contributed by atoms with E-state index in [-0.39, 0.29) is 50.5 Å². The van der Waals surface area contributed by atoms with Crippen molar-refractivity contribution in [3.05, 3.63) is 72.1 Å². The minimum Gasteiger partial charge on any atom is -1.00 e. The molecule has 0 unspecified atom stereocenters. The zero-order valence-electron chi connectivity index (χ0n) is 24.7. The first-order valence-electron chi connectivity index (χ1n) is 13.7. The van der Waals surface area contributed by atoms with Crippen molar-refractivity contribution in [2.45, 2.75) is 39.3 Å². The molecule has 2 aliphatic heterocycles. The van der Waals surface area contributed by atoms with Crippen LogP contribution in [0.15, 0.2) is 60.0 Å². The second-order valence-electron chi connectivity index (χ2n) is 11.6. The van der Waals surface area contributed by atoms with Gasteiger partial charge in [-0.05, 0) is 58.0 Å². The van der Waals surface area contributed by atoms with Gasteiger partial charge >= 0.3 is 18.3 Å². The van der Waals surface area contributed by atoms with Crippen LogP contribution in [-0.2, 0) is 15.1 Å². The lowest BCUT2D eigenvalue weighted by atomic mass is 9.85. The van der Waals surface area contributed by atoms with Crippen molar-refractivity contribution in [1.29, 1.82) is 0 Å². The summed E-state index contributed by atoms with van der Waals surface area (Å²) in [6.45, 7) is 7.09. The molecule has 5 rings (SSSR count). The fraction of sp³-hybridized carbons (Fsp3) is 0.414. The molecule has 0 bridgehead atoms. The van der Waals surface area contributed by atoms with E-state index in [4.69, 9.17) is 4.74 Å². The molecular formula is C29H33ClF2N8O4. The van der Waals surface area contributed by atoms with Crippen molar-refractivity contribution in [3.63, 3.8) is 0 Å². The van der Waals surface area contributed by atoms with E-state index < -0.39 is 34.7 Å². The molecule has 234 valence electrons. The van der Waals surface area contributed by atoms with E-state index >= 15 is 4.39 Å². The van der Waals surface area contributed by atoms with Gasteiger partial charge in [-0.1, -0.05) is 16.2 Å². The number of hydrogen-bond donors (Lipinski definition) is 1. The van der Waals surface area contributed by atoms with Crippen LogP contribution in [0.4, 0.5) is 19.3 Å². The minimum atomic E-state index is -2.01. The second kappa shape index (κ2) is 12.7. The van der Waals surface area contributed by atoms with Crippen LogP contribution < -0.4 is 17.3 Å². The van der Waals surface area contributed by atoms with Gasteiger partial charge in [-0.25, -0.2) is 23.3 Å². The summed E-state index contributed by atoms with van der Waals surface area (Å²) in [5.41, 5.74) is -1.48. The highest BCUT2D eigenvalue weighted by Gasteiger charge is 2.48. The summed E-state index contributed by atoms with van der Waals surface area (Å²) in [4.78, 5) is 30.3. The Labute approximate surface area is 259 Å². The Kier molecular flexibility index (Phi) is 9.38. The summed E-state index contributed by atoms with van der Waals surface area (Å²) in [6.07, 6.45) is 5.98. The van der Waals surface area contributed by atoms with Gasteiger partial charge in [-0.15, -0.1) is 5.10 Å². The smallest absolute Gasteiger partial charge is 0.547 e. The first kappa shape index (κ1) is 32.5. The van der Waals surface area contributed by atoms with Crippen molar-refractivity contribution in [1.82, 2.24) is 29.8 Å². The average Bonchev–Trinajstić information content (AvgIpc) is 3.73. The molecule has 44 heavy (non-hydrogen) atoms.